The Bertz CT molecular complexity index is 582. The van der Waals surface area contributed by atoms with Gasteiger partial charge >= 0.3 is 12.1 Å². The van der Waals surface area contributed by atoms with Gasteiger partial charge in [0.1, 0.15) is 11.2 Å². The van der Waals surface area contributed by atoms with E-state index in [2.05, 4.69) is 18.3 Å². The summed E-state index contributed by atoms with van der Waals surface area (Å²) in [6.07, 6.45) is 5.33. The van der Waals surface area contributed by atoms with E-state index < -0.39 is 17.3 Å². The summed E-state index contributed by atoms with van der Waals surface area (Å²) in [5, 5.41) is 2.90. The molecular weight excluding hydrogens is 330 g/mol. The zero-order valence-corrected chi connectivity index (χ0v) is 17.4. The quantitative estimate of drug-likeness (QED) is 0.571. The molecule has 1 saturated carbocycles. The predicted molar refractivity (Wildman–Crippen MR) is 102 cm³/mol. The standard InChI is InChI=1S/C21H35NO4/c1-8-14-9-15-11-21(16(15)10-14,12-17(23)25-19(2,3)4)13-22-18(24)26-20(5,6)7/h10,15-16H,8-9,11-13H2,1-7H3,(H,22,24)/t15-,16-,21-/m0/s1. The maximum atomic E-state index is 12.5. The average Bonchev–Trinajstić information content (AvgIpc) is 2.77. The van der Waals surface area contributed by atoms with Crippen molar-refractivity contribution in [3.8, 4) is 0 Å². The van der Waals surface area contributed by atoms with E-state index in [1.807, 2.05) is 41.5 Å². The van der Waals surface area contributed by atoms with Gasteiger partial charge in [0.2, 0.25) is 0 Å². The summed E-state index contributed by atoms with van der Waals surface area (Å²) >= 11 is 0. The number of esters is 1. The van der Waals surface area contributed by atoms with Gasteiger partial charge in [-0.05, 0) is 72.6 Å². The molecule has 0 aliphatic heterocycles. The lowest BCUT2D eigenvalue weighted by atomic mass is 9.53. The smallest absolute Gasteiger partial charge is 0.407 e. The molecule has 1 amide bonds. The zero-order chi connectivity index (χ0) is 19.8. The number of rotatable bonds is 5. The maximum absolute atomic E-state index is 12.5. The predicted octanol–water partition coefficient (Wildman–Crippen LogP) is 4.61. The fourth-order valence-electron chi connectivity index (χ4n) is 4.23. The molecular formula is C21H35NO4. The first-order chi connectivity index (χ1) is 11.8. The van der Waals surface area contributed by atoms with E-state index in [0.717, 1.165) is 19.3 Å². The van der Waals surface area contributed by atoms with Crippen molar-refractivity contribution in [2.75, 3.05) is 6.54 Å². The van der Waals surface area contributed by atoms with E-state index in [1.165, 1.54) is 5.57 Å². The minimum Gasteiger partial charge on any atom is -0.460 e. The van der Waals surface area contributed by atoms with Gasteiger partial charge in [0.15, 0.2) is 0 Å². The Morgan fingerprint density at radius 1 is 1.15 bits per heavy atom. The van der Waals surface area contributed by atoms with Gasteiger partial charge in [0, 0.05) is 12.0 Å². The number of carbonyl (C=O) groups excluding carboxylic acids is 2. The molecule has 1 N–H and O–H groups in total. The summed E-state index contributed by atoms with van der Waals surface area (Å²) in [4.78, 5) is 24.6. The molecule has 0 aromatic carbocycles. The van der Waals surface area contributed by atoms with E-state index in [9.17, 15) is 9.59 Å². The van der Waals surface area contributed by atoms with Crippen molar-refractivity contribution in [2.24, 2.45) is 17.3 Å². The number of nitrogens with one attached hydrogen (secondary N) is 1. The first-order valence-corrected chi connectivity index (χ1v) is 9.72. The van der Waals surface area contributed by atoms with Gasteiger partial charge < -0.3 is 14.8 Å². The number of ether oxygens (including phenoxy) is 2. The molecule has 2 aliphatic carbocycles. The Kier molecular flexibility index (Phi) is 5.79. The summed E-state index contributed by atoms with van der Waals surface area (Å²) in [7, 11) is 0. The lowest BCUT2D eigenvalue weighted by molar-refractivity contribution is -0.162. The molecule has 0 heterocycles. The number of hydrogen-bond donors (Lipinski definition) is 1. The fraction of sp³-hybridized carbons (Fsp3) is 0.810. The molecule has 5 nitrogen and oxygen atoms in total. The third kappa shape index (κ3) is 5.24. The zero-order valence-electron chi connectivity index (χ0n) is 17.4. The molecule has 0 spiro atoms. The minimum absolute atomic E-state index is 0.194. The van der Waals surface area contributed by atoms with Crippen molar-refractivity contribution in [3.63, 3.8) is 0 Å². The summed E-state index contributed by atoms with van der Waals surface area (Å²) in [5.41, 5.74) is 0.164. The van der Waals surface area contributed by atoms with Crippen molar-refractivity contribution in [2.45, 2.75) is 85.4 Å². The van der Waals surface area contributed by atoms with E-state index >= 15 is 0 Å². The first kappa shape index (κ1) is 20.8. The van der Waals surface area contributed by atoms with Gasteiger partial charge in [-0.1, -0.05) is 18.6 Å². The maximum Gasteiger partial charge on any atom is 0.407 e. The Labute approximate surface area is 157 Å². The highest BCUT2D eigenvalue weighted by Crippen LogP contribution is 2.60. The van der Waals surface area contributed by atoms with Gasteiger partial charge in [-0.3, -0.25) is 4.79 Å². The van der Waals surface area contributed by atoms with Crippen LogP contribution in [0, 0.1) is 17.3 Å². The number of carbonyl (C=O) groups is 2. The highest BCUT2D eigenvalue weighted by Gasteiger charge is 2.56. The molecule has 26 heavy (non-hydrogen) atoms. The van der Waals surface area contributed by atoms with Gasteiger partial charge in [-0.25, -0.2) is 4.79 Å². The lowest BCUT2D eigenvalue weighted by Gasteiger charge is -2.52. The Hall–Kier alpha value is -1.52. The first-order valence-electron chi connectivity index (χ1n) is 9.72. The van der Waals surface area contributed by atoms with Crippen LogP contribution in [0.5, 0.6) is 0 Å². The summed E-state index contributed by atoms with van der Waals surface area (Å²) in [6, 6.07) is 0. The van der Waals surface area contributed by atoms with Gasteiger partial charge in [0.05, 0.1) is 6.42 Å². The van der Waals surface area contributed by atoms with Crippen LogP contribution in [0.4, 0.5) is 4.79 Å². The third-order valence-electron chi connectivity index (χ3n) is 5.18. The molecule has 0 aromatic rings. The fourth-order valence-corrected chi connectivity index (χ4v) is 4.23. The largest absolute Gasteiger partial charge is 0.460 e. The monoisotopic (exact) mass is 365 g/mol. The van der Waals surface area contributed by atoms with Crippen LogP contribution < -0.4 is 5.32 Å². The highest BCUT2D eigenvalue weighted by atomic mass is 16.6. The Morgan fingerprint density at radius 2 is 1.77 bits per heavy atom. The molecule has 3 atom stereocenters. The second-order valence-corrected chi connectivity index (χ2v) is 9.85. The van der Waals surface area contributed by atoms with E-state index in [-0.39, 0.29) is 11.4 Å². The number of hydrogen-bond acceptors (Lipinski definition) is 4. The second kappa shape index (κ2) is 7.24. The van der Waals surface area contributed by atoms with Crippen molar-refractivity contribution < 1.29 is 19.1 Å². The summed E-state index contributed by atoms with van der Waals surface area (Å²) < 4.78 is 10.9. The van der Waals surface area contributed by atoms with E-state index in [1.54, 1.807) is 0 Å². The van der Waals surface area contributed by atoms with Gasteiger partial charge in [0.25, 0.3) is 0 Å². The van der Waals surface area contributed by atoms with Gasteiger partial charge in [-0.15, -0.1) is 0 Å². The number of allylic oxidation sites excluding steroid dienone is 2. The average molecular weight is 366 g/mol. The molecule has 0 saturated heterocycles. The molecule has 2 rings (SSSR count). The Morgan fingerprint density at radius 3 is 2.31 bits per heavy atom. The molecule has 0 bridgehead atoms. The molecule has 148 valence electrons. The number of alkyl carbamates (subject to hydrolysis) is 1. The number of fused-ring (bicyclic) bond motifs is 1. The van der Waals surface area contributed by atoms with Crippen molar-refractivity contribution in [3.05, 3.63) is 11.6 Å². The van der Waals surface area contributed by atoms with Crippen LogP contribution >= 0.6 is 0 Å². The molecule has 0 radical (unpaired) electrons. The molecule has 5 heteroatoms. The topological polar surface area (TPSA) is 64.6 Å². The van der Waals surface area contributed by atoms with Crippen LogP contribution in [0.2, 0.25) is 0 Å². The summed E-state index contributed by atoms with van der Waals surface area (Å²) in [5.74, 6) is 0.730. The van der Waals surface area contributed by atoms with Crippen molar-refractivity contribution in [1.82, 2.24) is 5.32 Å². The van der Waals surface area contributed by atoms with Crippen LogP contribution in [0.25, 0.3) is 0 Å². The van der Waals surface area contributed by atoms with Crippen molar-refractivity contribution >= 4 is 12.1 Å². The van der Waals surface area contributed by atoms with E-state index in [0.29, 0.717) is 24.8 Å². The lowest BCUT2D eigenvalue weighted by Crippen LogP contribution is -2.54. The third-order valence-corrected chi connectivity index (χ3v) is 5.18. The van der Waals surface area contributed by atoms with Crippen LogP contribution in [0.3, 0.4) is 0 Å². The highest BCUT2D eigenvalue weighted by molar-refractivity contribution is 5.72. The van der Waals surface area contributed by atoms with Crippen molar-refractivity contribution in [1.29, 1.82) is 0 Å². The number of amides is 1. The second-order valence-electron chi connectivity index (χ2n) is 9.85. The van der Waals surface area contributed by atoms with Crippen LogP contribution in [-0.4, -0.2) is 29.8 Å². The summed E-state index contributed by atoms with van der Waals surface area (Å²) in [6.45, 7) is 13.8. The van der Waals surface area contributed by atoms with Crippen LogP contribution in [-0.2, 0) is 14.3 Å². The molecule has 2 aliphatic rings. The Balaban J connectivity index is 2.07. The SMILES string of the molecule is CCC1=C[C@H]2[C@@H](C1)C[C@@]2(CNC(=O)OC(C)(C)C)CC(=O)OC(C)(C)C. The van der Waals surface area contributed by atoms with Gasteiger partial charge in [-0.2, -0.15) is 0 Å². The van der Waals surface area contributed by atoms with Crippen LogP contribution in [0.1, 0.15) is 74.1 Å². The van der Waals surface area contributed by atoms with E-state index in [4.69, 9.17) is 9.47 Å². The minimum atomic E-state index is -0.535. The van der Waals surface area contributed by atoms with Crippen LogP contribution in [0.15, 0.2) is 11.6 Å². The normalized spacial score (nSPS) is 27.9. The molecule has 1 fully saturated rings. The molecule has 0 unspecified atom stereocenters. The molecule has 0 aromatic heterocycles.